The lowest BCUT2D eigenvalue weighted by atomic mass is 10.2. The van der Waals surface area contributed by atoms with Gasteiger partial charge in [-0.3, -0.25) is 4.79 Å². The molecule has 0 atom stereocenters. The van der Waals surface area contributed by atoms with Gasteiger partial charge in [-0.25, -0.2) is 0 Å². The van der Waals surface area contributed by atoms with E-state index in [9.17, 15) is 4.79 Å². The predicted octanol–water partition coefficient (Wildman–Crippen LogP) is 3.00. The summed E-state index contributed by atoms with van der Waals surface area (Å²) in [5.41, 5.74) is 2.64. The van der Waals surface area contributed by atoms with Crippen LogP contribution in [0.4, 0.5) is 0 Å². The molecule has 1 aromatic carbocycles. The molecule has 0 bridgehead atoms. The molecule has 94 valence electrons. The van der Waals surface area contributed by atoms with Crippen molar-refractivity contribution >= 4 is 17.7 Å². The molecular weight excluding hydrogens is 230 g/mol. The zero-order chi connectivity index (χ0) is 12.7. The first-order valence-corrected chi connectivity index (χ1v) is 7.16. The van der Waals surface area contributed by atoms with Crippen LogP contribution in [-0.4, -0.2) is 18.2 Å². The van der Waals surface area contributed by atoms with Gasteiger partial charge in [-0.05, 0) is 12.5 Å². The van der Waals surface area contributed by atoms with Crippen molar-refractivity contribution in [1.29, 1.82) is 0 Å². The average molecular weight is 251 g/mol. The molecule has 1 rings (SSSR count). The van der Waals surface area contributed by atoms with Gasteiger partial charge in [-0.1, -0.05) is 43.7 Å². The minimum atomic E-state index is 0.0806. The molecule has 1 aromatic rings. The molecule has 0 aliphatic rings. The van der Waals surface area contributed by atoms with E-state index in [-0.39, 0.29) is 11.8 Å². The molecule has 0 spiro atoms. The number of amides is 1. The van der Waals surface area contributed by atoms with Gasteiger partial charge in [-0.2, -0.15) is 11.8 Å². The fourth-order valence-corrected chi connectivity index (χ4v) is 2.14. The molecule has 0 aromatic heterocycles. The topological polar surface area (TPSA) is 29.1 Å². The molecule has 0 aliphatic heterocycles. The number of aryl methyl sites for hydroxylation is 1. The second kappa shape index (κ2) is 7.38. The molecule has 3 heteroatoms. The molecule has 0 aliphatic carbocycles. The molecule has 0 unspecified atom stereocenters. The van der Waals surface area contributed by atoms with E-state index in [4.69, 9.17) is 0 Å². The molecule has 0 heterocycles. The van der Waals surface area contributed by atoms with Gasteiger partial charge in [0.2, 0.25) is 5.91 Å². The van der Waals surface area contributed by atoms with Crippen LogP contribution in [0.2, 0.25) is 0 Å². The maximum absolute atomic E-state index is 11.3. The minimum absolute atomic E-state index is 0.0806. The van der Waals surface area contributed by atoms with Crippen molar-refractivity contribution in [2.75, 3.05) is 12.3 Å². The Morgan fingerprint density at radius 3 is 2.53 bits per heavy atom. The van der Waals surface area contributed by atoms with E-state index < -0.39 is 0 Å². The molecule has 1 amide bonds. The SMILES string of the molecule is Cc1ccc(CSCCNC(=O)C(C)C)cc1. The Bertz CT molecular complexity index is 346. The minimum Gasteiger partial charge on any atom is -0.355 e. The fraction of sp³-hybridized carbons (Fsp3) is 0.500. The third-order valence-corrected chi connectivity index (χ3v) is 3.49. The number of hydrogen-bond donors (Lipinski definition) is 1. The van der Waals surface area contributed by atoms with Crippen molar-refractivity contribution in [1.82, 2.24) is 5.32 Å². The monoisotopic (exact) mass is 251 g/mol. The molecule has 2 nitrogen and oxygen atoms in total. The van der Waals surface area contributed by atoms with Gasteiger partial charge in [0, 0.05) is 24.0 Å². The highest BCUT2D eigenvalue weighted by atomic mass is 32.2. The highest BCUT2D eigenvalue weighted by Gasteiger charge is 2.04. The van der Waals surface area contributed by atoms with Crippen molar-refractivity contribution in [3.05, 3.63) is 35.4 Å². The van der Waals surface area contributed by atoms with Gasteiger partial charge in [0.25, 0.3) is 0 Å². The molecule has 17 heavy (non-hydrogen) atoms. The van der Waals surface area contributed by atoms with Crippen molar-refractivity contribution < 1.29 is 4.79 Å². The molecule has 0 radical (unpaired) electrons. The number of carbonyl (C=O) groups excluding carboxylic acids is 1. The maximum Gasteiger partial charge on any atom is 0.222 e. The van der Waals surface area contributed by atoms with E-state index in [1.54, 1.807) is 0 Å². The van der Waals surface area contributed by atoms with Crippen molar-refractivity contribution in [3.8, 4) is 0 Å². The van der Waals surface area contributed by atoms with E-state index in [1.165, 1.54) is 11.1 Å². The summed E-state index contributed by atoms with van der Waals surface area (Å²) in [5, 5.41) is 2.92. The Balaban J connectivity index is 2.12. The van der Waals surface area contributed by atoms with E-state index in [0.717, 1.165) is 18.1 Å². The number of rotatable bonds is 6. The van der Waals surface area contributed by atoms with E-state index >= 15 is 0 Å². The maximum atomic E-state index is 11.3. The normalized spacial score (nSPS) is 10.6. The number of benzene rings is 1. The number of thioether (sulfide) groups is 1. The van der Waals surface area contributed by atoms with Crippen LogP contribution in [0, 0.1) is 12.8 Å². The van der Waals surface area contributed by atoms with Crippen molar-refractivity contribution in [3.63, 3.8) is 0 Å². The third kappa shape index (κ3) is 5.78. The van der Waals surface area contributed by atoms with Gasteiger partial charge in [0.05, 0.1) is 0 Å². The van der Waals surface area contributed by atoms with E-state index in [2.05, 4.69) is 36.5 Å². The smallest absolute Gasteiger partial charge is 0.222 e. The van der Waals surface area contributed by atoms with Crippen LogP contribution in [-0.2, 0) is 10.5 Å². The van der Waals surface area contributed by atoms with Gasteiger partial charge >= 0.3 is 0 Å². The molecule has 1 N–H and O–H groups in total. The standard InChI is InChI=1S/C14H21NOS/c1-11(2)14(16)15-8-9-17-10-13-6-4-12(3)5-7-13/h4-7,11H,8-10H2,1-3H3,(H,15,16). The quantitative estimate of drug-likeness (QED) is 0.788. The Morgan fingerprint density at radius 1 is 1.29 bits per heavy atom. The zero-order valence-electron chi connectivity index (χ0n) is 10.8. The van der Waals surface area contributed by atoms with Crippen LogP contribution in [0.5, 0.6) is 0 Å². The summed E-state index contributed by atoms with van der Waals surface area (Å²) in [7, 11) is 0. The molecule has 0 saturated heterocycles. The van der Waals surface area contributed by atoms with E-state index in [1.807, 2.05) is 25.6 Å². The highest BCUT2D eigenvalue weighted by molar-refractivity contribution is 7.98. The van der Waals surface area contributed by atoms with Gasteiger partial charge in [-0.15, -0.1) is 0 Å². The first-order chi connectivity index (χ1) is 8.09. The van der Waals surface area contributed by atoms with Crippen molar-refractivity contribution in [2.24, 2.45) is 5.92 Å². The summed E-state index contributed by atoms with van der Waals surface area (Å²) in [6.07, 6.45) is 0. The van der Waals surface area contributed by atoms with Crippen molar-refractivity contribution in [2.45, 2.75) is 26.5 Å². The van der Waals surface area contributed by atoms with Crippen LogP contribution >= 0.6 is 11.8 Å². The second-order valence-corrected chi connectivity index (χ2v) is 5.59. The van der Waals surface area contributed by atoms with E-state index in [0.29, 0.717) is 0 Å². The summed E-state index contributed by atoms with van der Waals surface area (Å²) in [4.78, 5) is 11.3. The molecule has 0 fully saturated rings. The van der Waals surface area contributed by atoms with Crippen LogP contribution in [0.15, 0.2) is 24.3 Å². The van der Waals surface area contributed by atoms with Crippen LogP contribution in [0.3, 0.4) is 0 Å². The lowest BCUT2D eigenvalue weighted by Crippen LogP contribution is -2.29. The van der Waals surface area contributed by atoms with Crippen LogP contribution in [0.25, 0.3) is 0 Å². The largest absolute Gasteiger partial charge is 0.355 e. The number of hydrogen-bond acceptors (Lipinski definition) is 2. The molecule has 0 saturated carbocycles. The summed E-state index contributed by atoms with van der Waals surface area (Å²) in [6, 6.07) is 8.59. The van der Waals surface area contributed by atoms with Crippen LogP contribution in [0.1, 0.15) is 25.0 Å². The fourth-order valence-electron chi connectivity index (χ4n) is 1.32. The molecular formula is C14H21NOS. The van der Waals surface area contributed by atoms with Gasteiger partial charge in [0.1, 0.15) is 0 Å². The third-order valence-electron chi connectivity index (χ3n) is 2.46. The van der Waals surface area contributed by atoms with Crippen LogP contribution < -0.4 is 5.32 Å². The van der Waals surface area contributed by atoms with Gasteiger partial charge in [0.15, 0.2) is 0 Å². The average Bonchev–Trinajstić information content (AvgIpc) is 2.30. The highest BCUT2D eigenvalue weighted by Crippen LogP contribution is 2.12. The first-order valence-electron chi connectivity index (χ1n) is 6.00. The zero-order valence-corrected chi connectivity index (χ0v) is 11.6. The Hall–Kier alpha value is -0.960. The summed E-state index contributed by atoms with van der Waals surface area (Å²) in [5.74, 6) is 2.20. The second-order valence-electron chi connectivity index (χ2n) is 4.48. The Kier molecular flexibility index (Phi) is 6.12. The summed E-state index contributed by atoms with van der Waals surface area (Å²) >= 11 is 1.85. The first kappa shape index (κ1) is 14.1. The number of carbonyl (C=O) groups is 1. The summed E-state index contributed by atoms with van der Waals surface area (Å²) in [6.45, 7) is 6.68. The number of nitrogens with one attached hydrogen (secondary N) is 1. The lowest BCUT2D eigenvalue weighted by molar-refractivity contribution is -0.123. The summed E-state index contributed by atoms with van der Waals surface area (Å²) < 4.78 is 0. The predicted molar refractivity (Wildman–Crippen MR) is 75.2 cm³/mol. The Morgan fingerprint density at radius 2 is 1.94 bits per heavy atom. The lowest BCUT2D eigenvalue weighted by Gasteiger charge is -2.07. The Labute approximate surface area is 108 Å². The van der Waals surface area contributed by atoms with Gasteiger partial charge < -0.3 is 5.32 Å².